The molecule has 1 fully saturated rings. The molecule has 0 saturated carbocycles. The lowest BCUT2D eigenvalue weighted by Crippen LogP contribution is -2.53. The molecule has 1 saturated heterocycles. The Kier molecular flexibility index (Phi) is 5.76. The number of nitrogens with two attached hydrogens (primary N) is 1. The fourth-order valence-electron chi connectivity index (χ4n) is 2.73. The van der Waals surface area contributed by atoms with E-state index < -0.39 is 0 Å². The fraction of sp³-hybridized carbons (Fsp3) is 0.600. The second-order valence-electron chi connectivity index (χ2n) is 5.27. The van der Waals surface area contributed by atoms with Crippen molar-refractivity contribution in [1.82, 2.24) is 9.88 Å². The van der Waals surface area contributed by atoms with Gasteiger partial charge in [0.15, 0.2) is 0 Å². The number of methoxy groups -OCH3 is 1. The third kappa shape index (κ3) is 4.04. The van der Waals surface area contributed by atoms with Crippen LogP contribution in [0.4, 0.5) is 5.82 Å². The zero-order valence-electron chi connectivity index (χ0n) is 12.8. The lowest BCUT2D eigenvalue weighted by atomic mass is 10.1. The average Bonchev–Trinajstić information content (AvgIpc) is 2.52. The Balaban J connectivity index is 1.97. The van der Waals surface area contributed by atoms with Crippen molar-refractivity contribution in [3.8, 4) is 5.88 Å². The van der Waals surface area contributed by atoms with Crippen molar-refractivity contribution < 1.29 is 4.74 Å². The van der Waals surface area contributed by atoms with Crippen LogP contribution in [0.5, 0.6) is 5.88 Å². The van der Waals surface area contributed by atoms with Crippen LogP contribution in [0.3, 0.4) is 0 Å². The standard InChI is InChI=1S/C15H24N4OS/c1-3-5-12(15(16)21)18-8-10-19(11-9-18)13-6-4-7-14(17-13)20-2/h4,6-7,12H,3,5,8-11H2,1-2H3,(H2,16,21). The molecule has 2 rings (SSSR count). The van der Waals surface area contributed by atoms with E-state index in [0.29, 0.717) is 10.9 Å². The second-order valence-corrected chi connectivity index (χ2v) is 5.74. The molecular weight excluding hydrogens is 284 g/mol. The summed E-state index contributed by atoms with van der Waals surface area (Å²) in [5.41, 5.74) is 5.88. The topological polar surface area (TPSA) is 54.6 Å². The Bertz CT molecular complexity index is 474. The van der Waals surface area contributed by atoms with Gasteiger partial charge in [-0.1, -0.05) is 31.6 Å². The first-order chi connectivity index (χ1) is 10.2. The summed E-state index contributed by atoms with van der Waals surface area (Å²) >= 11 is 5.21. The smallest absolute Gasteiger partial charge is 0.214 e. The molecule has 1 aromatic rings. The van der Waals surface area contributed by atoms with Crippen molar-refractivity contribution >= 4 is 23.0 Å². The van der Waals surface area contributed by atoms with Gasteiger partial charge in [0.2, 0.25) is 5.88 Å². The zero-order chi connectivity index (χ0) is 15.2. The van der Waals surface area contributed by atoms with Crippen molar-refractivity contribution in [2.45, 2.75) is 25.8 Å². The SMILES string of the molecule is CCCC(C(N)=S)N1CCN(c2cccc(OC)n2)CC1. The third-order valence-electron chi connectivity index (χ3n) is 3.89. The highest BCUT2D eigenvalue weighted by Crippen LogP contribution is 2.19. The summed E-state index contributed by atoms with van der Waals surface area (Å²) in [4.78, 5) is 9.78. The van der Waals surface area contributed by atoms with Crippen LogP contribution < -0.4 is 15.4 Å². The van der Waals surface area contributed by atoms with Crippen LogP contribution in [0, 0.1) is 0 Å². The maximum atomic E-state index is 5.88. The summed E-state index contributed by atoms with van der Waals surface area (Å²) in [5, 5.41) is 0. The maximum Gasteiger partial charge on any atom is 0.214 e. The molecule has 2 N–H and O–H groups in total. The van der Waals surface area contributed by atoms with E-state index in [1.54, 1.807) is 7.11 Å². The first-order valence-electron chi connectivity index (χ1n) is 7.45. The molecule has 116 valence electrons. The number of piperazine rings is 1. The number of hydrogen-bond donors (Lipinski definition) is 1. The van der Waals surface area contributed by atoms with E-state index in [4.69, 9.17) is 22.7 Å². The normalized spacial score (nSPS) is 17.5. The highest BCUT2D eigenvalue weighted by molar-refractivity contribution is 7.80. The number of nitrogens with zero attached hydrogens (tertiary/aromatic N) is 3. The number of rotatable bonds is 6. The van der Waals surface area contributed by atoms with Gasteiger partial charge < -0.3 is 15.4 Å². The Morgan fingerprint density at radius 3 is 2.67 bits per heavy atom. The van der Waals surface area contributed by atoms with E-state index in [1.807, 2.05) is 18.2 Å². The number of thiocarbonyl (C=S) groups is 1. The summed E-state index contributed by atoms with van der Waals surface area (Å²) in [7, 11) is 1.64. The van der Waals surface area contributed by atoms with Gasteiger partial charge in [0.05, 0.1) is 18.1 Å². The summed E-state index contributed by atoms with van der Waals surface area (Å²) < 4.78 is 5.19. The molecule has 0 aliphatic carbocycles. The van der Waals surface area contributed by atoms with E-state index in [1.165, 1.54) is 0 Å². The number of aromatic nitrogens is 1. The maximum absolute atomic E-state index is 5.88. The molecule has 21 heavy (non-hydrogen) atoms. The monoisotopic (exact) mass is 308 g/mol. The first-order valence-corrected chi connectivity index (χ1v) is 7.86. The number of anilines is 1. The molecule has 6 heteroatoms. The van der Waals surface area contributed by atoms with Crippen LogP contribution in [0.15, 0.2) is 18.2 Å². The predicted octanol–water partition coefficient (Wildman–Crippen LogP) is 1.67. The van der Waals surface area contributed by atoms with Crippen LogP contribution in [0.1, 0.15) is 19.8 Å². The molecule has 1 aliphatic rings. The third-order valence-corrected chi connectivity index (χ3v) is 4.16. The minimum Gasteiger partial charge on any atom is -0.481 e. The van der Waals surface area contributed by atoms with Gasteiger partial charge in [0, 0.05) is 32.2 Å². The largest absolute Gasteiger partial charge is 0.481 e. The Morgan fingerprint density at radius 2 is 2.10 bits per heavy atom. The number of ether oxygens (including phenoxy) is 1. The molecule has 0 amide bonds. The molecule has 1 unspecified atom stereocenters. The highest BCUT2D eigenvalue weighted by Gasteiger charge is 2.25. The average molecular weight is 308 g/mol. The molecule has 0 bridgehead atoms. The van der Waals surface area contributed by atoms with Crippen molar-refractivity contribution in [2.24, 2.45) is 5.73 Å². The fourth-order valence-corrected chi connectivity index (χ4v) is 3.00. The van der Waals surface area contributed by atoms with Crippen LogP contribution in [0.2, 0.25) is 0 Å². The lowest BCUT2D eigenvalue weighted by molar-refractivity contribution is 0.219. The van der Waals surface area contributed by atoms with Gasteiger partial charge in [-0.25, -0.2) is 0 Å². The van der Waals surface area contributed by atoms with Crippen molar-refractivity contribution in [3.05, 3.63) is 18.2 Å². The molecule has 0 aromatic carbocycles. The van der Waals surface area contributed by atoms with Crippen LogP contribution >= 0.6 is 12.2 Å². The summed E-state index contributed by atoms with van der Waals surface area (Å²) in [6, 6.07) is 6.09. The van der Waals surface area contributed by atoms with Gasteiger partial charge in [0.1, 0.15) is 5.82 Å². The summed E-state index contributed by atoms with van der Waals surface area (Å²) in [5.74, 6) is 1.62. The van der Waals surface area contributed by atoms with Crippen LogP contribution in [0.25, 0.3) is 0 Å². The first kappa shape index (κ1) is 16.0. The predicted molar refractivity (Wildman–Crippen MR) is 90.1 cm³/mol. The molecular formula is C15H24N4OS. The van der Waals surface area contributed by atoms with Gasteiger partial charge in [0.25, 0.3) is 0 Å². The van der Waals surface area contributed by atoms with E-state index in [9.17, 15) is 0 Å². The number of hydrogen-bond acceptors (Lipinski definition) is 5. The Labute approximate surface area is 132 Å². The minimum absolute atomic E-state index is 0.227. The van der Waals surface area contributed by atoms with E-state index in [2.05, 4.69) is 21.7 Å². The molecule has 1 aliphatic heterocycles. The molecule has 1 aromatic heterocycles. The Morgan fingerprint density at radius 1 is 1.38 bits per heavy atom. The highest BCUT2D eigenvalue weighted by atomic mass is 32.1. The second kappa shape index (κ2) is 7.56. The molecule has 1 atom stereocenters. The summed E-state index contributed by atoms with van der Waals surface area (Å²) in [6.07, 6.45) is 2.13. The van der Waals surface area contributed by atoms with Crippen LogP contribution in [-0.2, 0) is 0 Å². The minimum atomic E-state index is 0.227. The van der Waals surface area contributed by atoms with Crippen LogP contribution in [-0.4, -0.2) is 54.2 Å². The van der Waals surface area contributed by atoms with Gasteiger partial charge in [-0.15, -0.1) is 0 Å². The number of pyridine rings is 1. The van der Waals surface area contributed by atoms with Gasteiger partial charge in [-0.3, -0.25) is 4.90 Å². The molecule has 5 nitrogen and oxygen atoms in total. The summed E-state index contributed by atoms with van der Waals surface area (Å²) in [6.45, 7) is 5.95. The van der Waals surface area contributed by atoms with Gasteiger partial charge in [-0.05, 0) is 12.5 Å². The van der Waals surface area contributed by atoms with Crippen molar-refractivity contribution in [1.29, 1.82) is 0 Å². The molecule has 0 spiro atoms. The quantitative estimate of drug-likeness (QED) is 0.807. The van der Waals surface area contributed by atoms with Gasteiger partial charge >= 0.3 is 0 Å². The van der Waals surface area contributed by atoms with Crippen molar-refractivity contribution in [2.75, 3.05) is 38.2 Å². The van der Waals surface area contributed by atoms with Gasteiger partial charge in [-0.2, -0.15) is 4.98 Å². The molecule has 0 radical (unpaired) electrons. The zero-order valence-corrected chi connectivity index (χ0v) is 13.6. The Hall–Kier alpha value is -1.40. The van der Waals surface area contributed by atoms with E-state index in [0.717, 1.165) is 44.8 Å². The van der Waals surface area contributed by atoms with E-state index >= 15 is 0 Å². The lowest BCUT2D eigenvalue weighted by Gasteiger charge is -2.39. The van der Waals surface area contributed by atoms with E-state index in [-0.39, 0.29) is 6.04 Å². The molecule has 2 heterocycles. The van der Waals surface area contributed by atoms with Crippen molar-refractivity contribution in [3.63, 3.8) is 0 Å².